The van der Waals surface area contributed by atoms with Gasteiger partial charge in [0.2, 0.25) is 0 Å². The molecule has 0 amide bonds. The highest BCUT2D eigenvalue weighted by molar-refractivity contribution is 5.38. The van der Waals surface area contributed by atoms with Crippen LogP contribution in [0.15, 0.2) is 24.3 Å². The Kier molecular flexibility index (Phi) is 3.76. The van der Waals surface area contributed by atoms with Crippen molar-refractivity contribution in [2.24, 2.45) is 5.73 Å². The Balaban J connectivity index is 1.75. The fraction of sp³-hybridized carbons (Fsp3) is 0.625. The number of benzene rings is 1. The van der Waals surface area contributed by atoms with E-state index in [1.165, 1.54) is 32.1 Å². The van der Waals surface area contributed by atoms with Crippen molar-refractivity contribution in [3.63, 3.8) is 0 Å². The van der Waals surface area contributed by atoms with Crippen LogP contribution in [0.4, 0.5) is 0 Å². The van der Waals surface area contributed by atoms with E-state index in [9.17, 15) is 0 Å². The highest BCUT2D eigenvalue weighted by Crippen LogP contribution is 2.34. The van der Waals surface area contributed by atoms with Crippen molar-refractivity contribution in [2.75, 3.05) is 13.7 Å². The first kappa shape index (κ1) is 12.9. The fourth-order valence-corrected chi connectivity index (χ4v) is 3.50. The zero-order valence-corrected chi connectivity index (χ0v) is 11.7. The zero-order valence-electron chi connectivity index (χ0n) is 11.7. The normalized spacial score (nSPS) is 27.9. The van der Waals surface area contributed by atoms with E-state index in [4.69, 9.17) is 10.5 Å². The molecule has 1 aliphatic carbocycles. The number of nitrogens with two attached hydrogens (primary N) is 1. The third-order valence-corrected chi connectivity index (χ3v) is 4.78. The minimum absolute atomic E-state index is 0.0666. The molecule has 1 aromatic rings. The summed E-state index contributed by atoms with van der Waals surface area (Å²) in [7, 11) is 2.22. The molecule has 104 valence electrons. The summed E-state index contributed by atoms with van der Waals surface area (Å²) in [6.45, 7) is 0.713. The maximum absolute atomic E-state index is 6.48. The van der Waals surface area contributed by atoms with Crippen LogP contribution in [0, 0.1) is 0 Å². The smallest absolute Gasteiger partial charge is 0.124 e. The first-order valence-corrected chi connectivity index (χ1v) is 7.46. The van der Waals surface area contributed by atoms with Gasteiger partial charge in [-0.2, -0.15) is 0 Å². The summed E-state index contributed by atoms with van der Waals surface area (Å²) >= 11 is 0. The van der Waals surface area contributed by atoms with Crippen LogP contribution in [-0.2, 0) is 0 Å². The van der Waals surface area contributed by atoms with Gasteiger partial charge < -0.3 is 10.5 Å². The molecule has 3 rings (SSSR count). The Morgan fingerprint density at radius 3 is 2.68 bits per heavy atom. The molecule has 3 heteroatoms. The molecule has 0 spiro atoms. The van der Waals surface area contributed by atoms with Gasteiger partial charge in [-0.05, 0) is 26.0 Å². The van der Waals surface area contributed by atoms with Gasteiger partial charge in [0.1, 0.15) is 12.4 Å². The lowest BCUT2D eigenvalue weighted by molar-refractivity contribution is 0.0691. The van der Waals surface area contributed by atoms with E-state index in [0.29, 0.717) is 18.7 Å². The number of nitrogens with zero attached hydrogens (tertiary/aromatic N) is 1. The third kappa shape index (κ3) is 2.49. The van der Waals surface area contributed by atoms with Gasteiger partial charge in [-0.25, -0.2) is 0 Å². The summed E-state index contributed by atoms with van der Waals surface area (Å²) in [4.78, 5) is 2.47. The highest BCUT2D eigenvalue weighted by atomic mass is 16.5. The second-order valence-electron chi connectivity index (χ2n) is 5.90. The number of rotatable bonds is 2. The second-order valence-corrected chi connectivity index (χ2v) is 5.90. The first-order chi connectivity index (χ1) is 9.27. The highest BCUT2D eigenvalue weighted by Gasteiger charge is 2.34. The lowest BCUT2D eigenvalue weighted by Gasteiger charge is -2.42. The Bertz CT molecular complexity index is 429. The maximum atomic E-state index is 6.48. The Labute approximate surface area is 115 Å². The van der Waals surface area contributed by atoms with Gasteiger partial charge in [0.25, 0.3) is 0 Å². The van der Waals surface area contributed by atoms with Crippen LogP contribution in [-0.4, -0.2) is 30.6 Å². The van der Waals surface area contributed by atoms with Gasteiger partial charge in [0.15, 0.2) is 0 Å². The van der Waals surface area contributed by atoms with Crippen molar-refractivity contribution in [1.82, 2.24) is 4.90 Å². The van der Waals surface area contributed by atoms with Gasteiger partial charge in [0, 0.05) is 11.6 Å². The Morgan fingerprint density at radius 2 is 1.89 bits per heavy atom. The standard InChI is InChI=1S/C16H24N2O/c1-18(12-7-3-2-4-8-12)14-11-19-15-10-6-5-9-13(15)16(14)17/h5-6,9-10,12,14,16H,2-4,7-8,11,17H2,1H3. The van der Waals surface area contributed by atoms with E-state index in [1.807, 2.05) is 18.2 Å². The van der Waals surface area contributed by atoms with Gasteiger partial charge in [0.05, 0.1) is 12.1 Å². The minimum atomic E-state index is 0.0666. The molecule has 19 heavy (non-hydrogen) atoms. The van der Waals surface area contributed by atoms with Crippen molar-refractivity contribution < 1.29 is 4.74 Å². The van der Waals surface area contributed by atoms with Crippen LogP contribution in [0.1, 0.15) is 43.7 Å². The molecule has 2 atom stereocenters. The monoisotopic (exact) mass is 260 g/mol. The van der Waals surface area contributed by atoms with Crippen LogP contribution in [0.3, 0.4) is 0 Å². The molecule has 3 nitrogen and oxygen atoms in total. The summed E-state index contributed by atoms with van der Waals surface area (Å²) in [6.07, 6.45) is 6.71. The van der Waals surface area contributed by atoms with Crippen molar-refractivity contribution >= 4 is 0 Å². The molecule has 1 saturated carbocycles. The number of hydrogen-bond donors (Lipinski definition) is 1. The molecule has 1 heterocycles. The minimum Gasteiger partial charge on any atom is -0.492 e. The van der Waals surface area contributed by atoms with Crippen molar-refractivity contribution in [3.05, 3.63) is 29.8 Å². The van der Waals surface area contributed by atoms with Gasteiger partial charge in [-0.1, -0.05) is 37.5 Å². The van der Waals surface area contributed by atoms with Crippen LogP contribution >= 0.6 is 0 Å². The summed E-state index contributed by atoms with van der Waals surface area (Å²) in [5.74, 6) is 0.961. The Morgan fingerprint density at radius 1 is 1.16 bits per heavy atom. The zero-order chi connectivity index (χ0) is 13.2. The van der Waals surface area contributed by atoms with Crippen molar-refractivity contribution in [3.8, 4) is 5.75 Å². The third-order valence-electron chi connectivity index (χ3n) is 4.78. The number of likely N-dealkylation sites (N-methyl/N-ethyl adjacent to an activating group) is 1. The van der Waals surface area contributed by atoms with E-state index in [-0.39, 0.29) is 6.04 Å². The lowest BCUT2D eigenvalue weighted by atomic mass is 9.90. The number of ether oxygens (including phenoxy) is 1. The fourth-order valence-electron chi connectivity index (χ4n) is 3.50. The molecule has 2 aliphatic rings. The van der Waals surface area contributed by atoms with E-state index in [1.54, 1.807) is 0 Å². The predicted octanol–water partition coefficient (Wildman–Crippen LogP) is 2.71. The molecule has 0 saturated heterocycles. The van der Waals surface area contributed by atoms with Crippen LogP contribution < -0.4 is 10.5 Å². The molecule has 2 unspecified atom stereocenters. The summed E-state index contributed by atoms with van der Waals surface area (Å²) in [5, 5.41) is 0. The molecule has 0 aromatic heterocycles. The molecule has 0 bridgehead atoms. The van der Waals surface area contributed by atoms with Gasteiger partial charge >= 0.3 is 0 Å². The largest absolute Gasteiger partial charge is 0.492 e. The molecular formula is C16H24N2O. The Hall–Kier alpha value is -1.06. The number of fused-ring (bicyclic) bond motifs is 1. The van der Waals surface area contributed by atoms with E-state index in [2.05, 4.69) is 18.0 Å². The average molecular weight is 260 g/mol. The molecular weight excluding hydrogens is 236 g/mol. The first-order valence-electron chi connectivity index (χ1n) is 7.46. The summed E-state index contributed by atoms with van der Waals surface area (Å²) < 4.78 is 5.90. The average Bonchev–Trinajstić information content (AvgIpc) is 2.48. The van der Waals surface area contributed by atoms with E-state index >= 15 is 0 Å². The topological polar surface area (TPSA) is 38.5 Å². The van der Waals surface area contributed by atoms with Crippen molar-refractivity contribution in [2.45, 2.75) is 50.2 Å². The van der Waals surface area contributed by atoms with Crippen LogP contribution in [0.5, 0.6) is 5.75 Å². The van der Waals surface area contributed by atoms with E-state index in [0.717, 1.165) is 11.3 Å². The predicted molar refractivity (Wildman–Crippen MR) is 77.3 cm³/mol. The second kappa shape index (κ2) is 5.51. The summed E-state index contributed by atoms with van der Waals surface area (Å²) in [5.41, 5.74) is 7.63. The van der Waals surface area contributed by atoms with Gasteiger partial charge in [-0.15, -0.1) is 0 Å². The summed E-state index contributed by atoms with van der Waals surface area (Å²) in [6, 6.07) is 9.22. The molecule has 1 fully saturated rings. The maximum Gasteiger partial charge on any atom is 0.124 e. The van der Waals surface area contributed by atoms with Crippen molar-refractivity contribution in [1.29, 1.82) is 0 Å². The van der Waals surface area contributed by atoms with Crippen LogP contribution in [0.25, 0.3) is 0 Å². The molecule has 1 aromatic carbocycles. The lowest BCUT2D eigenvalue weighted by Crippen LogP contribution is -2.51. The molecule has 1 aliphatic heterocycles. The SMILES string of the molecule is CN(C1CCCCC1)C1COc2ccccc2C1N. The molecule has 2 N–H and O–H groups in total. The number of hydrogen-bond acceptors (Lipinski definition) is 3. The number of para-hydroxylation sites is 1. The van der Waals surface area contributed by atoms with Gasteiger partial charge in [-0.3, -0.25) is 4.90 Å². The quantitative estimate of drug-likeness (QED) is 0.888. The molecule has 0 radical (unpaired) electrons. The van der Waals surface area contributed by atoms with E-state index < -0.39 is 0 Å². The van der Waals surface area contributed by atoms with Crippen LogP contribution in [0.2, 0.25) is 0 Å².